The van der Waals surface area contributed by atoms with Crippen LogP contribution in [0.25, 0.3) is 0 Å². The highest BCUT2D eigenvalue weighted by atomic mass is 16.5. The number of benzene rings is 2. The molecule has 2 unspecified atom stereocenters. The number of amides is 1. The van der Waals surface area contributed by atoms with Crippen molar-refractivity contribution >= 4 is 11.6 Å². The van der Waals surface area contributed by atoms with Gasteiger partial charge in [-0.15, -0.1) is 0 Å². The van der Waals surface area contributed by atoms with Crippen LogP contribution in [0.3, 0.4) is 0 Å². The zero-order chi connectivity index (χ0) is 21.6. The SMILES string of the molecule is CN(C)c1ccc(C(=O)NCCC(Cc2ccccc2)C2CCOC(C)(C)C2)cc1. The molecule has 1 fully saturated rings. The van der Waals surface area contributed by atoms with Crippen LogP contribution >= 0.6 is 0 Å². The first kappa shape index (κ1) is 22.4. The molecule has 2 aromatic carbocycles. The van der Waals surface area contributed by atoms with E-state index in [0.29, 0.717) is 23.9 Å². The lowest BCUT2D eigenvalue weighted by Gasteiger charge is -2.39. The summed E-state index contributed by atoms with van der Waals surface area (Å²) >= 11 is 0. The number of ether oxygens (including phenoxy) is 1. The molecule has 4 nitrogen and oxygen atoms in total. The molecule has 162 valence electrons. The van der Waals surface area contributed by atoms with Crippen molar-refractivity contribution in [2.24, 2.45) is 11.8 Å². The normalized spacial score (nSPS) is 19.1. The first-order chi connectivity index (χ1) is 14.3. The second-order valence-corrected chi connectivity index (χ2v) is 9.30. The Morgan fingerprint density at radius 2 is 1.83 bits per heavy atom. The lowest BCUT2D eigenvalue weighted by Crippen LogP contribution is -2.38. The quantitative estimate of drug-likeness (QED) is 0.673. The molecule has 2 atom stereocenters. The van der Waals surface area contributed by atoms with Crippen LogP contribution in [-0.2, 0) is 11.2 Å². The van der Waals surface area contributed by atoms with Gasteiger partial charge in [0.1, 0.15) is 0 Å². The monoisotopic (exact) mass is 408 g/mol. The molecule has 0 spiro atoms. The van der Waals surface area contributed by atoms with Crippen molar-refractivity contribution in [3.8, 4) is 0 Å². The highest BCUT2D eigenvalue weighted by molar-refractivity contribution is 5.94. The molecule has 0 aromatic heterocycles. The van der Waals surface area contributed by atoms with Gasteiger partial charge >= 0.3 is 0 Å². The molecule has 1 saturated heterocycles. The Hall–Kier alpha value is -2.33. The smallest absolute Gasteiger partial charge is 0.251 e. The van der Waals surface area contributed by atoms with Crippen LogP contribution < -0.4 is 10.2 Å². The fraction of sp³-hybridized carbons (Fsp3) is 0.500. The molecular weight excluding hydrogens is 372 g/mol. The van der Waals surface area contributed by atoms with Gasteiger partial charge in [-0.2, -0.15) is 0 Å². The Labute approximate surface area is 181 Å². The summed E-state index contributed by atoms with van der Waals surface area (Å²) in [5, 5.41) is 3.14. The third kappa shape index (κ3) is 6.33. The highest BCUT2D eigenvalue weighted by Gasteiger charge is 2.33. The number of nitrogens with one attached hydrogen (secondary N) is 1. The molecule has 3 rings (SSSR count). The number of anilines is 1. The fourth-order valence-corrected chi connectivity index (χ4v) is 4.49. The van der Waals surface area contributed by atoms with E-state index >= 15 is 0 Å². The summed E-state index contributed by atoms with van der Waals surface area (Å²) in [7, 11) is 4.00. The van der Waals surface area contributed by atoms with Crippen molar-refractivity contribution in [2.45, 2.75) is 45.1 Å². The summed E-state index contributed by atoms with van der Waals surface area (Å²) in [5.74, 6) is 1.16. The molecule has 1 N–H and O–H groups in total. The predicted molar refractivity (Wildman–Crippen MR) is 124 cm³/mol. The Kier molecular flexibility index (Phi) is 7.54. The van der Waals surface area contributed by atoms with Crippen LogP contribution in [0.4, 0.5) is 5.69 Å². The predicted octanol–water partition coefficient (Wildman–Crippen LogP) is 4.94. The first-order valence-electron chi connectivity index (χ1n) is 11.1. The van der Waals surface area contributed by atoms with Crippen LogP contribution in [0.2, 0.25) is 0 Å². The molecule has 1 amide bonds. The number of rotatable bonds is 8. The van der Waals surface area contributed by atoms with Gasteiger partial charge in [0.05, 0.1) is 5.60 Å². The number of hydrogen-bond donors (Lipinski definition) is 1. The molecular formula is C26H36N2O2. The van der Waals surface area contributed by atoms with E-state index in [0.717, 1.165) is 38.0 Å². The minimum atomic E-state index is -0.0602. The van der Waals surface area contributed by atoms with Gasteiger partial charge in [-0.05, 0) is 81.2 Å². The average Bonchev–Trinajstić information content (AvgIpc) is 2.73. The Morgan fingerprint density at radius 3 is 2.47 bits per heavy atom. The van der Waals surface area contributed by atoms with Crippen molar-refractivity contribution in [3.63, 3.8) is 0 Å². The van der Waals surface area contributed by atoms with E-state index in [4.69, 9.17) is 4.74 Å². The Balaban J connectivity index is 1.60. The van der Waals surface area contributed by atoms with E-state index in [9.17, 15) is 4.79 Å². The van der Waals surface area contributed by atoms with Gasteiger partial charge in [0.25, 0.3) is 5.91 Å². The fourth-order valence-electron chi connectivity index (χ4n) is 4.49. The van der Waals surface area contributed by atoms with E-state index in [1.165, 1.54) is 5.56 Å². The summed E-state index contributed by atoms with van der Waals surface area (Å²) in [4.78, 5) is 14.6. The van der Waals surface area contributed by atoms with Crippen LogP contribution in [0.15, 0.2) is 54.6 Å². The molecule has 1 aliphatic rings. The highest BCUT2D eigenvalue weighted by Crippen LogP contribution is 2.36. The van der Waals surface area contributed by atoms with E-state index < -0.39 is 0 Å². The standard InChI is InChI=1S/C26H36N2O2/c1-26(2)19-23(15-17-30-26)22(18-20-8-6-5-7-9-20)14-16-27-25(29)21-10-12-24(13-11-21)28(3)4/h5-13,22-23H,14-19H2,1-4H3,(H,27,29). The number of hydrogen-bond acceptors (Lipinski definition) is 3. The van der Waals surface area contributed by atoms with Crippen molar-refractivity contribution in [2.75, 3.05) is 32.1 Å². The molecule has 30 heavy (non-hydrogen) atoms. The largest absolute Gasteiger partial charge is 0.378 e. The second kappa shape index (κ2) is 10.1. The summed E-state index contributed by atoms with van der Waals surface area (Å²) < 4.78 is 5.95. The second-order valence-electron chi connectivity index (χ2n) is 9.30. The molecule has 1 heterocycles. The number of carbonyl (C=O) groups is 1. The summed E-state index contributed by atoms with van der Waals surface area (Å²) in [6.45, 7) is 5.91. The minimum Gasteiger partial charge on any atom is -0.378 e. The maximum absolute atomic E-state index is 12.6. The summed E-state index contributed by atoms with van der Waals surface area (Å²) in [5.41, 5.74) is 3.12. The van der Waals surface area contributed by atoms with Gasteiger partial charge in [-0.25, -0.2) is 0 Å². The van der Waals surface area contributed by atoms with E-state index in [2.05, 4.69) is 49.5 Å². The molecule has 0 aliphatic carbocycles. The lowest BCUT2D eigenvalue weighted by molar-refractivity contribution is -0.0830. The summed E-state index contributed by atoms with van der Waals surface area (Å²) in [6.07, 6.45) is 4.21. The first-order valence-corrected chi connectivity index (χ1v) is 11.1. The molecule has 0 radical (unpaired) electrons. The van der Waals surface area contributed by atoms with E-state index in [1.54, 1.807) is 0 Å². The minimum absolute atomic E-state index is 0.00562. The molecule has 4 heteroatoms. The Bertz CT molecular complexity index is 800. The average molecular weight is 409 g/mol. The maximum Gasteiger partial charge on any atom is 0.251 e. The van der Waals surface area contributed by atoms with Crippen LogP contribution in [0, 0.1) is 11.8 Å². The molecule has 0 saturated carbocycles. The zero-order valence-electron chi connectivity index (χ0n) is 18.9. The summed E-state index contributed by atoms with van der Waals surface area (Å²) in [6, 6.07) is 18.5. The van der Waals surface area contributed by atoms with Crippen molar-refractivity contribution in [3.05, 3.63) is 65.7 Å². The third-order valence-corrected chi connectivity index (χ3v) is 6.19. The molecule has 0 bridgehead atoms. The third-order valence-electron chi connectivity index (χ3n) is 6.19. The van der Waals surface area contributed by atoms with Gasteiger partial charge in [-0.3, -0.25) is 4.79 Å². The molecule has 1 aliphatic heterocycles. The maximum atomic E-state index is 12.6. The van der Waals surface area contributed by atoms with Crippen molar-refractivity contribution < 1.29 is 9.53 Å². The lowest BCUT2D eigenvalue weighted by atomic mass is 9.75. The van der Waals surface area contributed by atoms with Gasteiger partial charge < -0.3 is 15.0 Å². The number of nitrogens with zero attached hydrogens (tertiary/aromatic N) is 1. The van der Waals surface area contributed by atoms with Crippen molar-refractivity contribution in [1.29, 1.82) is 0 Å². The van der Waals surface area contributed by atoms with Crippen LogP contribution in [-0.4, -0.2) is 38.8 Å². The number of carbonyl (C=O) groups excluding carboxylic acids is 1. The van der Waals surface area contributed by atoms with Crippen LogP contribution in [0.1, 0.15) is 49.0 Å². The van der Waals surface area contributed by atoms with E-state index in [1.807, 2.05) is 43.3 Å². The van der Waals surface area contributed by atoms with Gasteiger partial charge in [0, 0.05) is 38.5 Å². The van der Waals surface area contributed by atoms with Crippen LogP contribution in [0.5, 0.6) is 0 Å². The molecule has 2 aromatic rings. The van der Waals surface area contributed by atoms with E-state index in [-0.39, 0.29) is 11.5 Å². The van der Waals surface area contributed by atoms with Gasteiger partial charge in [0.2, 0.25) is 0 Å². The Morgan fingerprint density at radius 1 is 1.13 bits per heavy atom. The zero-order valence-corrected chi connectivity index (χ0v) is 18.9. The van der Waals surface area contributed by atoms with Crippen molar-refractivity contribution in [1.82, 2.24) is 5.32 Å². The topological polar surface area (TPSA) is 41.6 Å². The van der Waals surface area contributed by atoms with Gasteiger partial charge in [0.15, 0.2) is 0 Å². The van der Waals surface area contributed by atoms with Gasteiger partial charge in [-0.1, -0.05) is 30.3 Å².